The van der Waals surface area contributed by atoms with E-state index in [0.29, 0.717) is 22.6 Å². The Bertz CT molecular complexity index is 534. The predicted molar refractivity (Wildman–Crippen MR) is 65.3 cm³/mol. The van der Waals surface area contributed by atoms with Crippen molar-refractivity contribution in [3.8, 4) is 11.5 Å². The Morgan fingerprint density at radius 3 is 2.56 bits per heavy atom. The normalized spacial score (nSPS) is 16.9. The Hall–Kier alpha value is -2.30. The number of hydrogen-bond donors (Lipinski definition) is 1. The van der Waals surface area contributed by atoms with Crippen LogP contribution >= 0.6 is 0 Å². The largest absolute Gasteiger partial charge is 0.497 e. The van der Waals surface area contributed by atoms with Crippen molar-refractivity contribution in [1.82, 2.24) is 5.32 Å². The molecule has 1 fully saturated rings. The van der Waals surface area contributed by atoms with Crippen molar-refractivity contribution in [3.05, 3.63) is 29.3 Å². The molecule has 0 aromatic heterocycles. The molecule has 1 saturated heterocycles. The van der Waals surface area contributed by atoms with Crippen LogP contribution in [-0.4, -0.2) is 26.0 Å². The third-order valence-electron chi connectivity index (χ3n) is 2.66. The lowest BCUT2D eigenvalue weighted by atomic mass is 10.1. The van der Waals surface area contributed by atoms with Crippen LogP contribution in [0.5, 0.6) is 11.5 Å². The zero-order valence-corrected chi connectivity index (χ0v) is 10.1. The van der Waals surface area contributed by atoms with Gasteiger partial charge in [-0.05, 0) is 24.3 Å². The molecule has 1 aliphatic rings. The smallest absolute Gasteiger partial charge is 0.254 e. The summed E-state index contributed by atoms with van der Waals surface area (Å²) in [4.78, 5) is 22.6. The van der Waals surface area contributed by atoms with E-state index in [1.807, 2.05) is 0 Å². The van der Waals surface area contributed by atoms with Crippen molar-refractivity contribution in [2.45, 2.75) is 6.42 Å². The number of ether oxygens (including phenoxy) is 2. The lowest BCUT2D eigenvalue weighted by Crippen LogP contribution is -2.19. The average Bonchev–Trinajstić information content (AvgIpc) is 2.67. The van der Waals surface area contributed by atoms with E-state index < -0.39 is 0 Å². The standard InChI is InChI=1S/C13H13NO4/c1-17-10-3-4-11(18-2)8(6-10)5-9-7-12(15)14-13(9)16/h3-6H,7H2,1-2H3,(H,14,15,16). The Morgan fingerprint density at radius 1 is 1.22 bits per heavy atom. The van der Waals surface area contributed by atoms with E-state index in [-0.39, 0.29) is 18.2 Å². The molecule has 1 aromatic carbocycles. The molecule has 0 unspecified atom stereocenters. The number of hydrogen-bond acceptors (Lipinski definition) is 4. The van der Waals surface area contributed by atoms with Crippen LogP contribution in [0.2, 0.25) is 0 Å². The molecule has 1 heterocycles. The Balaban J connectivity index is 2.40. The molecule has 1 aromatic rings. The minimum atomic E-state index is -0.357. The first-order valence-electron chi connectivity index (χ1n) is 5.41. The Kier molecular flexibility index (Phi) is 3.32. The van der Waals surface area contributed by atoms with Gasteiger partial charge in [0.2, 0.25) is 5.91 Å². The molecule has 2 amide bonds. The molecule has 0 aliphatic carbocycles. The van der Waals surface area contributed by atoms with Gasteiger partial charge >= 0.3 is 0 Å². The van der Waals surface area contributed by atoms with Crippen molar-refractivity contribution >= 4 is 17.9 Å². The number of carbonyl (C=O) groups is 2. The zero-order chi connectivity index (χ0) is 13.1. The number of amides is 2. The van der Waals surface area contributed by atoms with Gasteiger partial charge in [-0.2, -0.15) is 0 Å². The summed E-state index contributed by atoms with van der Waals surface area (Å²) in [5.74, 6) is 0.640. The number of methoxy groups -OCH3 is 2. The highest BCUT2D eigenvalue weighted by atomic mass is 16.5. The molecule has 0 radical (unpaired) electrons. The molecule has 1 N–H and O–H groups in total. The molecule has 94 valence electrons. The number of imide groups is 1. The van der Waals surface area contributed by atoms with Gasteiger partial charge in [-0.15, -0.1) is 0 Å². The quantitative estimate of drug-likeness (QED) is 0.642. The zero-order valence-electron chi connectivity index (χ0n) is 10.1. The summed E-state index contributed by atoms with van der Waals surface area (Å²) < 4.78 is 10.3. The van der Waals surface area contributed by atoms with E-state index in [0.717, 1.165) is 0 Å². The maximum atomic E-state index is 11.5. The van der Waals surface area contributed by atoms with Crippen LogP contribution in [0.1, 0.15) is 12.0 Å². The minimum absolute atomic E-state index is 0.0964. The van der Waals surface area contributed by atoms with Gasteiger partial charge in [0.05, 0.1) is 20.6 Å². The highest BCUT2D eigenvalue weighted by Crippen LogP contribution is 2.27. The highest BCUT2D eigenvalue weighted by molar-refractivity contribution is 6.15. The topological polar surface area (TPSA) is 64.6 Å². The molecule has 1 aliphatic heterocycles. The predicted octanol–water partition coefficient (Wildman–Crippen LogP) is 1.13. The first kappa shape index (κ1) is 12.2. The van der Waals surface area contributed by atoms with Crippen molar-refractivity contribution in [2.24, 2.45) is 0 Å². The van der Waals surface area contributed by atoms with E-state index >= 15 is 0 Å². The van der Waals surface area contributed by atoms with Gasteiger partial charge < -0.3 is 9.47 Å². The summed E-state index contributed by atoms with van der Waals surface area (Å²) in [5, 5.41) is 2.23. The summed E-state index contributed by atoms with van der Waals surface area (Å²) in [6.45, 7) is 0. The summed E-state index contributed by atoms with van der Waals surface area (Å²) in [6.07, 6.45) is 1.74. The summed E-state index contributed by atoms with van der Waals surface area (Å²) in [5.41, 5.74) is 1.13. The van der Waals surface area contributed by atoms with Gasteiger partial charge in [-0.1, -0.05) is 0 Å². The summed E-state index contributed by atoms with van der Waals surface area (Å²) in [7, 11) is 3.11. The third kappa shape index (κ3) is 2.34. The summed E-state index contributed by atoms with van der Waals surface area (Å²) >= 11 is 0. The molecule has 0 atom stereocenters. The molecule has 2 rings (SSSR count). The van der Waals surface area contributed by atoms with Crippen LogP contribution in [0.3, 0.4) is 0 Å². The van der Waals surface area contributed by atoms with Crippen molar-refractivity contribution < 1.29 is 19.1 Å². The van der Waals surface area contributed by atoms with Gasteiger partial charge in [-0.25, -0.2) is 0 Å². The van der Waals surface area contributed by atoms with Crippen LogP contribution < -0.4 is 14.8 Å². The molecule has 0 saturated carbocycles. The van der Waals surface area contributed by atoms with Crippen LogP contribution in [0.25, 0.3) is 6.08 Å². The third-order valence-corrected chi connectivity index (χ3v) is 2.66. The van der Waals surface area contributed by atoms with E-state index in [2.05, 4.69) is 5.32 Å². The van der Waals surface area contributed by atoms with E-state index in [9.17, 15) is 9.59 Å². The maximum Gasteiger partial charge on any atom is 0.254 e. The molecule has 5 nitrogen and oxygen atoms in total. The Morgan fingerprint density at radius 2 is 2.00 bits per heavy atom. The maximum absolute atomic E-state index is 11.5. The van der Waals surface area contributed by atoms with Crippen LogP contribution in [-0.2, 0) is 9.59 Å². The molecule has 0 bridgehead atoms. The lowest BCUT2D eigenvalue weighted by molar-refractivity contribution is -0.124. The van der Waals surface area contributed by atoms with Gasteiger partial charge in [0.15, 0.2) is 0 Å². The van der Waals surface area contributed by atoms with E-state index in [1.165, 1.54) is 0 Å². The summed E-state index contributed by atoms with van der Waals surface area (Å²) in [6, 6.07) is 5.27. The number of benzene rings is 1. The molecule has 0 spiro atoms. The SMILES string of the molecule is COc1ccc(OC)c(C=C2CC(=O)NC2=O)c1. The molecular weight excluding hydrogens is 234 g/mol. The van der Waals surface area contributed by atoms with Gasteiger partial charge in [0, 0.05) is 11.1 Å². The lowest BCUT2D eigenvalue weighted by Gasteiger charge is -2.07. The van der Waals surface area contributed by atoms with E-state index in [4.69, 9.17) is 9.47 Å². The fourth-order valence-electron chi connectivity index (χ4n) is 1.76. The fraction of sp³-hybridized carbons (Fsp3) is 0.231. The van der Waals surface area contributed by atoms with Crippen molar-refractivity contribution in [2.75, 3.05) is 14.2 Å². The molecular formula is C13H13NO4. The number of rotatable bonds is 3. The van der Waals surface area contributed by atoms with Gasteiger partial charge in [0.25, 0.3) is 5.91 Å². The number of carbonyl (C=O) groups excluding carboxylic acids is 2. The fourth-order valence-corrected chi connectivity index (χ4v) is 1.76. The second kappa shape index (κ2) is 4.91. The second-order valence-corrected chi connectivity index (χ2v) is 3.83. The van der Waals surface area contributed by atoms with Crippen LogP contribution in [0, 0.1) is 0 Å². The minimum Gasteiger partial charge on any atom is -0.497 e. The van der Waals surface area contributed by atoms with Crippen LogP contribution in [0.15, 0.2) is 23.8 Å². The van der Waals surface area contributed by atoms with Crippen LogP contribution in [0.4, 0.5) is 0 Å². The molecule has 18 heavy (non-hydrogen) atoms. The molecule has 5 heteroatoms. The van der Waals surface area contributed by atoms with Gasteiger partial charge in [-0.3, -0.25) is 14.9 Å². The van der Waals surface area contributed by atoms with Crippen molar-refractivity contribution in [1.29, 1.82) is 0 Å². The highest BCUT2D eigenvalue weighted by Gasteiger charge is 2.24. The first-order chi connectivity index (χ1) is 8.63. The monoisotopic (exact) mass is 247 g/mol. The van der Waals surface area contributed by atoms with Crippen molar-refractivity contribution in [3.63, 3.8) is 0 Å². The van der Waals surface area contributed by atoms with E-state index in [1.54, 1.807) is 38.5 Å². The average molecular weight is 247 g/mol. The Labute approximate surface area is 104 Å². The first-order valence-corrected chi connectivity index (χ1v) is 5.41. The van der Waals surface area contributed by atoms with Gasteiger partial charge in [0.1, 0.15) is 11.5 Å². The second-order valence-electron chi connectivity index (χ2n) is 3.83. The number of nitrogens with one attached hydrogen (secondary N) is 1.